The van der Waals surface area contributed by atoms with Crippen LogP contribution in [0, 0.1) is 28.6 Å². The number of esters is 5. The zero-order valence-corrected chi connectivity index (χ0v) is 95.5. The topological polar surface area (TPSA) is 267 Å². The van der Waals surface area contributed by atoms with Gasteiger partial charge in [-0.2, -0.15) is 0 Å². The maximum atomic E-state index is 12.8. The fraction of sp³-hybridized carbons (Fsp3) is 0.715. The highest BCUT2D eigenvalue weighted by Gasteiger charge is 2.37. The quantitative estimate of drug-likeness (QED) is 0.0179. The maximum Gasteiger partial charge on any atom is 0.311 e. The SMILES string of the molecule is CCC(C)c1cccc(C(CC)CC(C)(C)C(=O)OCC(O)CN(CC)CC)c1.CCC(C)c1cccc(C(CC)CC(C)(C)C(=O)OCC(O)CN2CCOCC2)c1.CCC(C)c1cccc(C(CC)CC(C)C(=O)OCC(O)CN(CC)CC)c1.CCC(C)c1cccc(C(CC)CC(C)C(=O)OCC(O)CN2CCCCC2)c1.CCC(C)c1cccc(C(CC)CC(C)C(=O)OCC(O)CN2CCOCC2)c1. The van der Waals surface area contributed by atoms with Crippen molar-refractivity contribution in [1.29, 1.82) is 0 Å². The average molecular weight is 2030 g/mol. The van der Waals surface area contributed by atoms with E-state index in [1.807, 2.05) is 48.5 Å². The van der Waals surface area contributed by atoms with Gasteiger partial charge in [0.15, 0.2) is 0 Å². The molecule has 3 aliphatic rings. The first-order chi connectivity index (χ1) is 69.2. The van der Waals surface area contributed by atoms with E-state index in [-0.39, 0.29) is 80.6 Å². The molecule has 0 aliphatic carbocycles. The minimum atomic E-state index is -0.669. The number of aliphatic hydroxyl groups is 5. The Balaban J connectivity index is 0.000000378. The van der Waals surface area contributed by atoms with Crippen LogP contribution in [0.3, 0.4) is 0 Å². The number of morpholine rings is 2. The van der Waals surface area contributed by atoms with E-state index in [1.165, 1.54) is 74.9 Å². The van der Waals surface area contributed by atoms with E-state index in [2.05, 4.69) is 277 Å². The fourth-order valence-electron chi connectivity index (χ4n) is 19.5. The van der Waals surface area contributed by atoms with Crippen LogP contribution in [-0.4, -0.2) is 268 Å². The van der Waals surface area contributed by atoms with Crippen molar-refractivity contribution in [3.8, 4) is 0 Å². The molecule has 8 rings (SSSR count). The predicted octanol–water partition coefficient (Wildman–Crippen LogP) is 23.7. The van der Waals surface area contributed by atoms with Gasteiger partial charge in [0.1, 0.15) is 63.6 Å². The van der Waals surface area contributed by atoms with Gasteiger partial charge < -0.3 is 73.4 Å². The van der Waals surface area contributed by atoms with Crippen molar-refractivity contribution in [2.24, 2.45) is 28.6 Å². The van der Waals surface area contributed by atoms with Gasteiger partial charge in [-0.1, -0.05) is 280 Å². The second-order valence-corrected chi connectivity index (χ2v) is 43.5. The Hall–Kier alpha value is -7.03. The number of nitrogens with zero attached hydrogens (tertiary/aromatic N) is 5. The van der Waals surface area contributed by atoms with E-state index < -0.39 is 41.3 Å². The van der Waals surface area contributed by atoms with Crippen molar-refractivity contribution in [3.63, 3.8) is 0 Å². The summed E-state index contributed by atoms with van der Waals surface area (Å²) in [7, 11) is 0. The predicted molar refractivity (Wildman–Crippen MR) is 594 cm³/mol. The first kappa shape index (κ1) is 130. The molecule has 0 aromatic heterocycles. The van der Waals surface area contributed by atoms with Gasteiger partial charge in [0.25, 0.3) is 0 Å². The fourth-order valence-corrected chi connectivity index (χ4v) is 19.5. The zero-order valence-electron chi connectivity index (χ0n) is 95.5. The summed E-state index contributed by atoms with van der Waals surface area (Å²) in [6, 6.07) is 44.0. The molecule has 22 heteroatoms. The lowest BCUT2D eigenvalue weighted by atomic mass is 9.78. The van der Waals surface area contributed by atoms with Crippen LogP contribution in [0.2, 0.25) is 0 Å². The Morgan fingerprint density at radius 2 is 0.524 bits per heavy atom. The Bertz CT molecular complexity index is 4200. The Kier molecular flexibility index (Phi) is 64.4. The summed E-state index contributed by atoms with van der Waals surface area (Å²) >= 11 is 0. The summed E-state index contributed by atoms with van der Waals surface area (Å²) in [6.07, 6.45) is 14.8. The number of benzene rings is 5. The van der Waals surface area contributed by atoms with Crippen molar-refractivity contribution in [3.05, 3.63) is 177 Å². The molecule has 3 fully saturated rings. The van der Waals surface area contributed by atoms with Gasteiger partial charge in [0, 0.05) is 58.9 Å². The number of likely N-dealkylation sites (tertiary alicyclic amines) is 1. The second-order valence-electron chi connectivity index (χ2n) is 43.5. The minimum absolute atomic E-state index is 0.0416. The van der Waals surface area contributed by atoms with Gasteiger partial charge in [-0.05, 0) is 291 Å². The summed E-state index contributed by atoms with van der Waals surface area (Å²) in [4.78, 5) is 73.8. The summed E-state index contributed by atoms with van der Waals surface area (Å²) in [5.74, 6) is 2.71. The van der Waals surface area contributed by atoms with E-state index in [0.717, 1.165) is 162 Å². The standard InChI is InChI=1S/C25H41NO4.C25H41NO3.C25H43NO3.C24H39NO4.C24H41NO3/c1-6-19(3)21-9-8-10-22(15-21)20(7-2)16-25(4,5)24(28)30-18-23(27)17-26-11-13-29-14-12-26;1-5-19(3)22-11-10-12-23(16-22)21(6-2)15-20(4)25(28)29-18-24(27)17-26-13-8-7-9-14-26;1-8-19(5)21-13-12-14-22(15-21)20(9-2)16-25(6,7)24(28)29-18-23(27)17-26(10-3)11-4;1-5-18(3)21-8-7-9-22(15-21)20(6-2)14-19(4)24(27)29-17-23(26)16-25-10-12-28-13-11-25;1-7-18(5)21-12-11-13-22(15-21)20(8-2)14-19(6)24(27)28-17-23(26)16-25(9-3)10-4/h8-10,15,19-20,23,27H,6-7,11-14,16-18H2,1-5H3;10-12,16,19-21,24,27H,5-9,13-15,17-18H2,1-4H3;12-15,19-20,23,27H,8-11,16-18H2,1-7H3;7-9,15,18-20,23,26H,5-6,10-14,16-17H2,1-4H3;11-13,15,18-20,23,26H,7-10,14,16-17H2,1-6H3. The number of carbonyl (C=O) groups excluding carboxylic acids is 5. The molecule has 3 heterocycles. The van der Waals surface area contributed by atoms with Crippen LogP contribution in [0.4, 0.5) is 0 Å². The highest BCUT2D eigenvalue weighted by Crippen LogP contribution is 2.40. The number of aliphatic hydroxyl groups excluding tert-OH is 5. The van der Waals surface area contributed by atoms with Gasteiger partial charge in [-0.3, -0.25) is 33.8 Å². The van der Waals surface area contributed by atoms with Crippen molar-refractivity contribution in [2.45, 2.75) is 385 Å². The molecule has 0 bridgehead atoms. The molecule has 3 aliphatic heterocycles. The van der Waals surface area contributed by atoms with Crippen molar-refractivity contribution >= 4 is 29.8 Å². The molecule has 18 unspecified atom stereocenters. The number of rotatable bonds is 59. The normalized spacial score (nSPS) is 17.7. The lowest BCUT2D eigenvalue weighted by Crippen LogP contribution is -2.42. The summed E-state index contributed by atoms with van der Waals surface area (Å²) in [5.41, 5.74) is 12.2. The molecule has 145 heavy (non-hydrogen) atoms. The molecule has 0 saturated carbocycles. The number of piperidine rings is 1. The Morgan fingerprint density at radius 1 is 0.303 bits per heavy atom. The monoisotopic (exact) mass is 2020 g/mol. The maximum absolute atomic E-state index is 12.8. The van der Waals surface area contributed by atoms with Crippen LogP contribution in [0.25, 0.3) is 0 Å². The first-order valence-electron chi connectivity index (χ1n) is 56.7. The molecule has 0 spiro atoms. The molecule has 824 valence electrons. The summed E-state index contributed by atoms with van der Waals surface area (Å²) in [5, 5.41) is 51.0. The second kappa shape index (κ2) is 71.7. The van der Waals surface area contributed by atoms with Crippen LogP contribution in [0.1, 0.15) is 410 Å². The van der Waals surface area contributed by atoms with E-state index in [1.54, 1.807) is 0 Å². The molecule has 3 saturated heterocycles. The molecule has 5 N–H and O–H groups in total. The van der Waals surface area contributed by atoms with Crippen LogP contribution in [0.15, 0.2) is 121 Å². The molecular weight excluding hydrogens is 1820 g/mol. The Morgan fingerprint density at radius 3 is 0.766 bits per heavy atom. The average Bonchev–Trinajstić information content (AvgIpc) is 0.859. The van der Waals surface area contributed by atoms with Crippen LogP contribution in [0.5, 0.6) is 0 Å². The van der Waals surface area contributed by atoms with Gasteiger partial charge in [-0.25, -0.2) is 0 Å². The number of carbonyl (C=O) groups is 5. The van der Waals surface area contributed by atoms with Gasteiger partial charge >= 0.3 is 29.8 Å². The molecule has 5 aromatic rings. The minimum Gasteiger partial charge on any atom is -0.463 e. The summed E-state index contributed by atoms with van der Waals surface area (Å²) in [6.45, 7) is 69.7. The number of hydrogen-bond donors (Lipinski definition) is 5. The smallest absolute Gasteiger partial charge is 0.311 e. The molecule has 0 amide bonds. The third-order valence-corrected chi connectivity index (χ3v) is 30.9. The molecule has 22 nitrogen and oxygen atoms in total. The molecule has 18 atom stereocenters. The highest BCUT2D eigenvalue weighted by molar-refractivity contribution is 5.77. The molecule has 0 radical (unpaired) electrons. The third kappa shape index (κ3) is 48.9. The van der Waals surface area contributed by atoms with Crippen LogP contribution < -0.4 is 0 Å². The van der Waals surface area contributed by atoms with E-state index >= 15 is 0 Å². The van der Waals surface area contributed by atoms with E-state index in [0.29, 0.717) is 118 Å². The number of likely N-dealkylation sites (N-methyl/N-ethyl adjacent to an activating group) is 2. The number of β-amino-alcohol motifs (C(OH)–C–C–N with tert-alkyl or cyclic N) is 3. The van der Waals surface area contributed by atoms with E-state index in [4.69, 9.17) is 33.2 Å². The van der Waals surface area contributed by atoms with Crippen LogP contribution in [-0.2, 0) is 57.1 Å². The van der Waals surface area contributed by atoms with Gasteiger partial charge in [0.05, 0.1) is 55.0 Å². The number of ether oxygens (including phenoxy) is 7. The number of hydrogen-bond acceptors (Lipinski definition) is 22. The summed E-state index contributed by atoms with van der Waals surface area (Å²) < 4.78 is 37.9. The zero-order chi connectivity index (χ0) is 108. The van der Waals surface area contributed by atoms with Gasteiger partial charge in [0.2, 0.25) is 0 Å². The lowest BCUT2D eigenvalue weighted by molar-refractivity contribution is -0.158. The van der Waals surface area contributed by atoms with Gasteiger partial charge in [-0.15, -0.1) is 0 Å². The Labute approximate surface area is 880 Å². The third-order valence-electron chi connectivity index (χ3n) is 30.9. The van der Waals surface area contributed by atoms with Crippen molar-refractivity contribution in [2.75, 3.05) is 158 Å². The largest absolute Gasteiger partial charge is 0.463 e. The van der Waals surface area contributed by atoms with Crippen molar-refractivity contribution in [1.82, 2.24) is 24.5 Å². The first-order valence-corrected chi connectivity index (χ1v) is 56.7. The van der Waals surface area contributed by atoms with E-state index in [9.17, 15) is 49.5 Å². The highest BCUT2D eigenvalue weighted by atomic mass is 16.6. The lowest BCUT2D eigenvalue weighted by Gasteiger charge is -2.30. The van der Waals surface area contributed by atoms with Crippen molar-refractivity contribution < 1.29 is 82.7 Å². The molecule has 5 aromatic carbocycles. The molecular formula is C123H205N5O17. The van der Waals surface area contributed by atoms with Crippen LogP contribution >= 0.6 is 0 Å².